The summed E-state index contributed by atoms with van der Waals surface area (Å²) in [6, 6.07) is 0. The van der Waals surface area contributed by atoms with Crippen LogP contribution in [0.1, 0.15) is 27.2 Å². The van der Waals surface area contributed by atoms with Gasteiger partial charge in [-0.3, -0.25) is 0 Å². The number of rotatable bonds is 2. The molecule has 1 aliphatic heterocycles. The minimum Gasteiger partial charge on any atom is -0.458 e. The van der Waals surface area contributed by atoms with Crippen LogP contribution in [0.5, 0.6) is 0 Å². The van der Waals surface area contributed by atoms with E-state index in [1.165, 1.54) is 0 Å². The van der Waals surface area contributed by atoms with Gasteiger partial charge in [0.1, 0.15) is 6.10 Å². The molecular formula is C11H16O2. The number of ether oxygens (including phenoxy) is 1. The molecule has 1 heterocycles. The Bertz CT molecular complexity index is 251. The Balaban J connectivity index is 2.62. The average Bonchev–Trinajstić information content (AvgIpc) is 2.10. The first-order chi connectivity index (χ1) is 6.15. The van der Waals surface area contributed by atoms with Gasteiger partial charge in [-0.25, -0.2) is 4.79 Å². The molecule has 72 valence electrons. The van der Waals surface area contributed by atoms with Crippen LogP contribution in [0.15, 0.2) is 23.8 Å². The van der Waals surface area contributed by atoms with E-state index < -0.39 is 0 Å². The molecular weight excluding hydrogens is 164 g/mol. The lowest BCUT2D eigenvalue weighted by atomic mass is 9.98. The van der Waals surface area contributed by atoms with Crippen LogP contribution in [0.25, 0.3) is 0 Å². The van der Waals surface area contributed by atoms with E-state index in [2.05, 4.69) is 13.0 Å². The summed E-state index contributed by atoms with van der Waals surface area (Å²) in [6.45, 7) is 5.83. The van der Waals surface area contributed by atoms with Crippen molar-refractivity contribution in [1.82, 2.24) is 0 Å². The van der Waals surface area contributed by atoms with Gasteiger partial charge < -0.3 is 4.74 Å². The number of carbonyl (C=O) groups excluding carboxylic acids is 1. The van der Waals surface area contributed by atoms with Gasteiger partial charge in [0, 0.05) is 17.9 Å². The minimum absolute atomic E-state index is 0.0207. The van der Waals surface area contributed by atoms with Crippen LogP contribution < -0.4 is 0 Å². The first-order valence-corrected chi connectivity index (χ1v) is 4.65. The number of allylic oxidation sites excluding steroid dienone is 1. The highest BCUT2D eigenvalue weighted by Crippen LogP contribution is 2.20. The quantitative estimate of drug-likeness (QED) is 0.482. The number of hydrogen-bond acceptors (Lipinski definition) is 2. The fourth-order valence-corrected chi connectivity index (χ4v) is 1.40. The average molecular weight is 180 g/mol. The Labute approximate surface area is 79.3 Å². The molecule has 0 aromatic heterocycles. The van der Waals surface area contributed by atoms with E-state index in [0.717, 1.165) is 12.0 Å². The van der Waals surface area contributed by atoms with E-state index in [1.54, 1.807) is 6.92 Å². The molecule has 0 saturated heterocycles. The molecule has 0 unspecified atom stereocenters. The SMILES string of the molecule is C/C=C\[C@H](C)[C@@H]1CC=C(C)C(=O)O1. The summed E-state index contributed by atoms with van der Waals surface area (Å²) >= 11 is 0. The molecule has 0 aliphatic carbocycles. The summed E-state index contributed by atoms with van der Waals surface area (Å²) in [5.74, 6) is 0.130. The van der Waals surface area contributed by atoms with Gasteiger partial charge in [0.25, 0.3) is 0 Å². The first kappa shape index (κ1) is 10.0. The third kappa shape index (κ3) is 2.44. The second-order valence-corrected chi connectivity index (χ2v) is 3.45. The number of hydrogen-bond donors (Lipinski definition) is 0. The van der Waals surface area contributed by atoms with Crippen LogP contribution in [-0.2, 0) is 9.53 Å². The summed E-state index contributed by atoms with van der Waals surface area (Å²) < 4.78 is 5.25. The lowest BCUT2D eigenvalue weighted by Gasteiger charge is -2.24. The van der Waals surface area contributed by atoms with Gasteiger partial charge in [0.05, 0.1) is 0 Å². The van der Waals surface area contributed by atoms with Crippen molar-refractivity contribution in [3.05, 3.63) is 23.8 Å². The van der Waals surface area contributed by atoms with Crippen molar-refractivity contribution < 1.29 is 9.53 Å². The normalized spacial score (nSPS) is 25.6. The van der Waals surface area contributed by atoms with Gasteiger partial charge in [-0.15, -0.1) is 0 Å². The highest BCUT2D eigenvalue weighted by molar-refractivity contribution is 5.88. The lowest BCUT2D eigenvalue weighted by Crippen LogP contribution is -2.27. The first-order valence-electron chi connectivity index (χ1n) is 4.65. The number of esters is 1. The Morgan fingerprint density at radius 3 is 2.92 bits per heavy atom. The molecule has 1 aliphatic rings. The fourth-order valence-electron chi connectivity index (χ4n) is 1.40. The molecule has 0 aromatic carbocycles. The van der Waals surface area contributed by atoms with Crippen LogP contribution in [0.2, 0.25) is 0 Å². The second-order valence-electron chi connectivity index (χ2n) is 3.45. The second kappa shape index (κ2) is 4.26. The molecule has 0 saturated carbocycles. The van der Waals surface area contributed by atoms with Crippen molar-refractivity contribution in [3.8, 4) is 0 Å². The summed E-state index contributed by atoms with van der Waals surface area (Å²) in [5, 5.41) is 0. The predicted molar refractivity (Wildman–Crippen MR) is 52.2 cm³/mol. The molecule has 0 amide bonds. The van der Waals surface area contributed by atoms with Crippen LogP contribution in [0.3, 0.4) is 0 Å². The fraction of sp³-hybridized carbons (Fsp3) is 0.545. The Morgan fingerprint density at radius 1 is 1.69 bits per heavy atom. The van der Waals surface area contributed by atoms with Crippen LogP contribution in [0.4, 0.5) is 0 Å². The van der Waals surface area contributed by atoms with E-state index in [4.69, 9.17) is 4.74 Å². The molecule has 13 heavy (non-hydrogen) atoms. The van der Waals surface area contributed by atoms with Gasteiger partial charge in [0.2, 0.25) is 0 Å². The molecule has 1 rings (SSSR count). The molecule has 0 aromatic rings. The highest BCUT2D eigenvalue weighted by Gasteiger charge is 2.23. The standard InChI is InChI=1S/C11H16O2/c1-4-5-8(2)10-7-6-9(3)11(12)13-10/h4-6,8,10H,7H2,1-3H3/b5-4-/t8-,10-/m0/s1. The van der Waals surface area contributed by atoms with Gasteiger partial charge in [-0.05, 0) is 13.8 Å². The Kier molecular flexibility index (Phi) is 3.29. The third-order valence-electron chi connectivity index (χ3n) is 2.32. The Morgan fingerprint density at radius 2 is 2.38 bits per heavy atom. The van der Waals surface area contributed by atoms with Crippen molar-refractivity contribution in [2.45, 2.75) is 33.3 Å². The van der Waals surface area contributed by atoms with Gasteiger partial charge >= 0.3 is 5.97 Å². The Hall–Kier alpha value is -1.05. The highest BCUT2D eigenvalue weighted by atomic mass is 16.5. The monoisotopic (exact) mass is 180 g/mol. The molecule has 0 bridgehead atoms. The van der Waals surface area contributed by atoms with Crippen LogP contribution in [-0.4, -0.2) is 12.1 Å². The van der Waals surface area contributed by atoms with E-state index in [0.29, 0.717) is 5.92 Å². The maximum absolute atomic E-state index is 11.2. The van der Waals surface area contributed by atoms with E-state index in [1.807, 2.05) is 19.1 Å². The van der Waals surface area contributed by atoms with E-state index in [9.17, 15) is 4.79 Å². The topological polar surface area (TPSA) is 26.3 Å². The largest absolute Gasteiger partial charge is 0.458 e. The van der Waals surface area contributed by atoms with Crippen molar-refractivity contribution in [1.29, 1.82) is 0 Å². The van der Waals surface area contributed by atoms with Crippen LogP contribution in [0, 0.1) is 5.92 Å². The van der Waals surface area contributed by atoms with Crippen molar-refractivity contribution >= 4 is 5.97 Å². The molecule has 0 radical (unpaired) electrons. The number of cyclic esters (lactones) is 1. The summed E-state index contributed by atoms with van der Waals surface area (Å²) in [5.41, 5.74) is 0.726. The lowest BCUT2D eigenvalue weighted by molar-refractivity contribution is -0.147. The summed E-state index contributed by atoms with van der Waals surface area (Å²) in [6.07, 6.45) is 6.86. The van der Waals surface area contributed by atoms with E-state index >= 15 is 0 Å². The molecule has 0 N–H and O–H groups in total. The predicted octanol–water partition coefficient (Wildman–Crippen LogP) is 2.46. The zero-order valence-corrected chi connectivity index (χ0v) is 8.41. The van der Waals surface area contributed by atoms with Gasteiger partial charge in [-0.2, -0.15) is 0 Å². The molecule has 2 atom stereocenters. The third-order valence-corrected chi connectivity index (χ3v) is 2.32. The smallest absolute Gasteiger partial charge is 0.333 e. The summed E-state index contributed by atoms with van der Waals surface area (Å²) in [4.78, 5) is 11.2. The van der Waals surface area contributed by atoms with Gasteiger partial charge in [0.15, 0.2) is 0 Å². The van der Waals surface area contributed by atoms with Crippen molar-refractivity contribution in [3.63, 3.8) is 0 Å². The molecule has 2 heteroatoms. The molecule has 2 nitrogen and oxygen atoms in total. The molecule has 0 fully saturated rings. The zero-order chi connectivity index (χ0) is 9.84. The molecule has 0 spiro atoms. The van der Waals surface area contributed by atoms with Crippen molar-refractivity contribution in [2.75, 3.05) is 0 Å². The minimum atomic E-state index is -0.174. The van der Waals surface area contributed by atoms with Crippen molar-refractivity contribution in [2.24, 2.45) is 5.92 Å². The summed E-state index contributed by atoms with van der Waals surface area (Å²) in [7, 11) is 0. The van der Waals surface area contributed by atoms with Crippen LogP contribution >= 0.6 is 0 Å². The maximum Gasteiger partial charge on any atom is 0.333 e. The maximum atomic E-state index is 11.2. The number of carbonyl (C=O) groups is 1. The zero-order valence-electron chi connectivity index (χ0n) is 8.41. The van der Waals surface area contributed by atoms with Gasteiger partial charge in [-0.1, -0.05) is 25.2 Å². The van der Waals surface area contributed by atoms with E-state index in [-0.39, 0.29) is 12.1 Å².